The van der Waals surface area contributed by atoms with Gasteiger partial charge in [-0.3, -0.25) is 18.9 Å². The summed E-state index contributed by atoms with van der Waals surface area (Å²) < 4.78 is 13.0. The Morgan fingerprint density at radius 3 is 2.35 bits per heavy atom. The zero-order valence-corrected chi connectivity index (χ0v) is 28.8. The molecule has 0 bridgehead atoms. The highest BCUT2D eigenvalue weighted by Gasteiger charge is 2.37. The fraction of sp³-hybridized carbons (Fsp3) is 0.639. The minimum Gasteiger partial charge on any atom is -0.338 e. The van der Waals surface area contributed by atoms with E-state index in [1.165, 1.54) is 24.0 Å². The van der Waals surface area contributed by atoms with Crippen molar-refractivity contribution < 1.29 is 13.8 Å². The van der Waals surface area contributed by atoms with Gasteiger partial charge in [-0.2, -0.15) is 0 Å². The van der Waals surface area contributed by atoms with Crippen LogP contribution in [0.3, 0.4) is 0 Å². The number of nitrogens with one attached hydrogen (secondary N) is 1. The molecule has 3 saturated heterocycles. The first-order chi connectivity index (χ1) is 22.3. The van der Waals surface area contributed by atoms with Crippen molar-refractivity contribution in [1.82, 2.24) is 24.9 Å². The van der Waals surface area contributed by atoms with Gasteiger partial charge in [-0.1, -0.05) is 32.0 Å². The first kappa shape index (κ1) is 33.1. The topological polar surface area (TPSA) is 88.6 Å². The molecule has 9 nitrogen and oxygen atoms in total. The maximum atomic E-state index is 14.1. The van der Waals surface area contributed by atoms with Gasteiger partial charge in [0.25, 0.3) is 0 Å². The van der Waals surface area contributed by atoms with E-state index in [9.17, 15) is 13.8 Å². The molecule has 46 heavy (non-hydrogen) atoms. The van der Waals surface area contributed by atoms with Crippen LogP contribution in [0.15, 0.2) is 45.3 Å². The molecule has 0 spiro atoms. The Hall–Kier alpha value is -2.82. The largest absolute Gasteiger partial charge is 0.338 e. The van der Waals surface area contributed by atoms with Gasteiger partial charge in [-0.25, -0.2) is 4.79 Å². The number of piperazine rings is 1. The summed E-state index contributed by atoms with van der Waals surface area (Å²) in [6, 6.07) is 6.35. The first-order valence-electron chi connectivity index (χ1n) is 17.5. The monoisotopic (exact) mass is 648 g/mol. The molecule has 1 unspecified atom stereocenters. The summed E-state index contributed by atoms with van der Waals surface area (Å²) >= 11 is 0. The number of rotatable bonds is 8. The van der Waals surface area contributed by atoms with Gasteiger partial charge in [-0.15, -0.1) is 0 Å². The average Bonchev–Trinajstić information content (AvgIpc) is 3.43. The second-order valence-corrected chi connectivity index (χ2v) is 15.1. The Kier molecular flexibility index (Phi) is 10.8. The number of nitrogens with zero attached hydrogens (tertiary/aromatic N) is 5. The molecule has 0 saturated carbocycles. The number of carbonyl (C=O) groups is 2. The van der Waals surface area contributed by atoms with Crippen molar-refractivity contribution >= 4 is 29.0 Å². The third kappa shape index (κ3) is 7.34. The minimum absolute atomic E-state index is 0.0226. The number of likely N-dealkylation sites (tertiary alicyclic amines) is 2. The van der Waals surface area contributed by atoms with E-state index in [1.807, 2.05) is 22.1 Å². The van der Waals surface area contributed by atoms with Gasteiger partial charge in [0.2, 0.25) is 5.91 Å². The van der Waals surface area contributed by atoms with Crippen molar-refractivity contribution in [2.45, 2.75) is 70.9 Å². The number of dihydropyridines is 1. The molecule has 5 aliphatic rings. The van der Waals surface area contributed by atoms with Crippen LogP contribution in [0, 0.1) is 5.92 Å². The van der Waals surface area contributed by atoms with E-state index in [4.69, 9.17) is 0 Å². The van der Waals surface area contributed by atoms with Gasteiger partial charge in [0.1, 0.15) is 6.04 Å². The van der Waals surface area contributed by atoms with Crippen LogP contribution in [-0.2, 0) is 34.9 Å². The highest BCUT2D eigenvalue weighted by atomic mass is 32.2. The fourth-order valence-corrected chi connectivity index (χ4v) is 9.82. The highest BCUT2D eigenvalue weighted by molar-refractivity contribution is 7.89. The summed E-state index contributed by atoms with van der Waals surface area (Å²) in [6.45, 7) is 11.6. The second-order valence-electron chi connectivity index (χ2n) is 13.7. The molecule has 0 aliphatic carbocycles. The van der Waals surface area contributed by atoms with Crippen molar-refractivity contribution in [2.75, 3.05) is 71.7 Å². The molecule has 1 aromatic rings. The summed E-state index contributed by atoms with van der Waals surface area (Å²) in [5, 5.41) is 3.19. The quantitative estimate of drug-likeness (QED) is 0.467. The van der Waals surface area contributed by atoms with E-state index >= 15 is 0 Å². The molecule has 3 fully saturated rings. The first-order valence-corrected chi connectivity index (χ1v) is 18.8. The summed E-state index contributed by atoms with van der Waals surface area (Å²) in [4.78, 5) is 42.1. The minimum atomic E-state index is -0.996. The van der Waals surface area contributed by atoms with Crippen molar-refractivity contribution in [3.63, 3.8) is 0 Å². The van der Waals surface area contributed by atoms with Crippen molar-refractivity contribution in [3.05, 3.63) is 57.0 Å². The number of carbonyl (C=O) groups excluding carboxylic acids is 2. The van der Waals surface area contributed by atoms with Crippen molar-refractivity contribution in [3.8, 4) is 0 Å². The lowest BCUT2D eigenvalue weighted by Crippen LogP contribution is -2.59. The van der Waals surface area contributed by atoms with Crippen LogP contribution in [-0.4, -0.2) is 126 Å². The molecule has 2 atom stereocenters. The van der Waals surface area contributed by atoms with Crippen LogP contribution in [0.1, 0.15) is 56.2 Å². The second kappa shape index (κ2) is 14.9. The average molecular weight is 649 g/mol. The Balaban J connectivity index is 1.11. The van der Waals surface area contributed by atoms with Crippen LogP contribution in [0.5, 0.6) is 0 Å². The number of hydrogen-bond donors (Lipinski definition) is 1. The Labute approximate surface area is 277 Å². The standard InChI is InChI=1S/C36H52N6O3S/c1-4-27-7-6-26(22-28(27)5-2)23-33(35(43)41-20-18-40(19-21-41)31-11-14-39(3)15-12-31)38-36(44)42-16-9-29(10-17-42)34-32-24-37-13-8-30(32)25-46(34)45/h6-8,13,22,29,31,33H,4-5,9-12,14-21,23-25H2,1-3H3,(H,38,44)/t33-,46?/m1/s1. The number of urea groups is 1. The number of piperidine rings is 2. The number of allylic oxidation sites excluding steroid dienone is 2. The van der Waals surface area contributed by atoms with Crippen molar-refractivity contribution in [1.29, 1.82) is 0 Å². The van der Waals surface area contributed by atoms with E-state index in [0.29, 0.717) is 50.9 Å². The third-order valence-electron chi connectivity index (χ3n) is 10.9. The molecule has 0 radical (unpaired) electrons. The molecule has 0 aromatic heterocycles. The van der Waals surface area contributed by atoms with E-state index in [2.05, 4.69) is 59.2 Å². The van der Waals surface area contributed by atoms with E-state index in [-0.39, 0.29) is 17.9 Å². The predicted molar refractivity (Wildman–Crippen MR) is 186 cm³/mol. The lowest BCUT2D eigenvalue weighted by atomic mass is 9.92. The summed E-state index contributed by atoms with van der Waals surface area (Å²) in [6.07, 6.45) is 10.2. The smallest absolute Gasteiger partial charge is 0.318 e. The lowest BCUT2D eigenvalue weighted by molar-refractivity contribution is -0.135. The van der Waals surface area contributed by atoms with Crippen LogP contribution in [0.25, 0.3) is 0 Å². The van der Waals surface area contributed by atoms with Crippen LogP contribution >= 0.6 is 0 Å². The van der Waals surface area contributed by atoms with Gasteiger partial charge in [-0.05, 0) is 98.5 Å². The Morgan fingerprint density at radius 2 is 1.65 bits per heavy atom. The SMILES string of the molecule is CCc1ccc(C[C@@H](NC(=O)N2CCC(C3=C4CN=CC=C4CS3=O)CC2)C(=O)N2CCN(C3CCN(C)CC3)CC2)cc1CC. The van der Waals surface area contributed by atoms with Gasteiger partial charge in [0, 0.05) is 62.9 Å². The molecule has 6 rings (SSSR count). The molecule has 1 aromatic carbocycles. The van der Waals surface area contributed by atoms with Crippen LogP contribution in [0.2, 0.25) is 0 Å². The maximum absolute atomic E-state index is 14.1. The third-order valence-corrected chi connectivity index (χ3v) is 12.5. The zero-order valence-electron chi connectivity index (χ0n) is 28.0. The van der Waals surface area contributed by atoms with Gasteiger partial charge in [0.05, 0.1) is 23.1 Å². The molecule has 5 heterocycles. The number of benzene rings is 1. The lowest BCUT2D eigenvalue weighted by Gasteiger charge is -2.43. The number of aliphatic imine (C=N–C) groups is 1. The molecule has 1 N–H and O–H groups in total. The Morgan fingerprint density at radius 1 is 0.935 bits per heavy atom. The van der Waals surface area contributed by atoms with Gasteiger partial charge in [0.15, 0.2) is 0 Å². The number of amides is 3. The molecule has 10 heteroatoms. The molecule has 5 aliphatic heterocycles. The van der Waals surface area contributed by atoms with Gasteiger partial charge >= 0.3 is 6.03 Å². The summed E-state index contributed by atoms with van der Waals surface area (Å²) in [7, 11) is 1.20. The maximum Gasteiger partial charge on any atom is 0.318 e. The summed E-state index contributed by atoms with van der Waals surface area (Å²) in [5.41, 5.74) is 6.06. The number of fused-ring (bicyclic) bond motifs is 1. The molecular formula is C36H52N6O3S. The summed E-state index contributed by atoms with van der Waals surface area (Å²) in [5.74, 6) is 0.822. The normalized spacial score (nSPS) is 24.2. The molecule has 250 valence electrons. The van der Waals surface area contributed by atoms with E-state index < -0.39 is 16.8 Å². The number of hydrogen-bond acceptors (Lipinski definition) is 6. The number of aryl methyl sites for hydroxylation is 2. The predicted octanol–water partition coefficient (Wildman–Crippen LogP) is 3.41. The van der Waals surface area contributed by atoms with E-state index in [1.54, 1.807) is 0 Å². The highest BCUT2D eigenvalue weighted by Crippen LogP contribution is 2.38. The van der Waals surface area contributed by atoms with E-state index in [0.717, 1.165) is 73.5 Å². The zero-order chi connectivity index (χ0) is 32.2. The fourth-order valence-electron chi connectivity index (χ4n) is 8.04. The van der Waals surface area contributed by atoms with Crippen molar-refractivity contribution in [2.24, 2.45) is 10.9 Å². The Bertz CT molecular complexity index is 1400. The van der Waals surface area contributed by atoms with Gasteiger partial charge < -0.3 is 20.0 Å². The molecule has 3 amide bonds. The van der Waals surface area contributed by atoms with Crippen LogP contribution in [0.4, 0.5) is 4.79 Å². The molecular weight excluding hydrogens is 597 g/mol. The van der Waals surface area contributed by atoms with Crippen LogP contribution < -0.4 is 5.32 Å².